The topological polar surface area (TPSA) is 51.2 Å². The number of hydrogen-bond donors (Lipinski definition) is 1. The van der Waals surface area contributed by atoms with Crippen molar-refractivity contribution in [2.24, 2.45) is 0 Å². The average molecular weight is 376 g/mol. The van der Waals surface area contributed by atoms with Crippen molar-refractivity contribution in [3.05, 3.63) is 53.4 Å². The summed E-state index contributed by atoms with van der Waals surface area (Å²) in [4.78, 5) is 15.9. The van der Waals surface area contributed by atoms with E-state index in [0.29, 0.717) is 27.7 Å². The third kappa shape index (κ3) is 3.15. The molecule has 26 heavy (non-hydrogen) atoms. The number of anilines is 1. The number of ether oxygens (including phenoxy) is 1. The molecular weight excluding hydrogens is 365 g/mol. The molecule has 1 amide bonds. The molecule has 4 rings (SSSR count). The Kier molecular flexibility index (Phi) is 3.91. The maximum atomic E-state index is 12.7. The zero-order chi connectivity index (χ0) is 18.3. The number of amides is 1. The van der Waals surface area contributed by atoms with Crippen LogP contribution >= 0.6 is 11.3 Å². The minimum absolute atomic E-state index is 0.0128. The van der Waals surface area contributed by atoms with Gasteiger partial charge in [-0.1, -0.05) is 12.1 Å². The molecule has 0 unspecified atom stereocenters. The van der Waals surface area contributed by atoms with Crippen LogP contribution in [0.5, 0.6) is 5.75 Å². The number of hydrogen-bond acceptors (Lipinski definition) is 4. The Hall–Kier alpha value is -2.87. The summed E-state index contributed by atoms with van der Waals surface area (Å²) in [5, 5.41) is 5.17. The normalized spacial score (nSPS) is 13.7. The number of aromatic nitrogens is 1. The highest BCUT2D eigenvalue weighted by atomic mass is 32.1. The molecule has 2 heterocycles. The van der Waals surface area contributed by atoms with Gasteiger partial charge in [-0.05, 0) is 30.3 Å². The van der Waals surface area contributed by atoms with Gasteiger partial charge in [0.1, 0.15) is 10.8 Å². The maximum absolute atomic E-state index is 12.7. The van der Waals surface area contributed by atoms with Crippen LogP contribution in [-0.4, -0.2) is 17.5 Å². The van der Waals surface area contributed by atoms with Crippen LogP contribution in [0.25, 0.3) is 21.8 Å². The summed E-state index contributed by atoms with van der Waals surface area (Å²) in [6.45, 7) is -0.0128. The van der Waals surface area contributed by atoms with Gasteiger partial charge in [0.15, 0.2) is 6.61 Å². The number of nitrogens with one attached hydrogen (secondary N) is 1. The smallest absolute Gasteiger partial charge is 0.416 e. The molecule has 3 aromatic rings. The summed E-state index contributed by atoms with van der Waals surface area (Å²) < 4.78 is 43.3. The number of nitrogens with zero attached hydrogens (tertiary/aromatic N) is 1. The lowest BCUT2D eigenvalue weighted by Gasteiger charge is -2.18. The van der Waals surface area contributed by atoms with Crippen LogP contribution in [0.1, 0.15) is 5.56 Å². The van der Waals surface area contributed by atoms with Gasteiger partial charge in [0.2, 0.25) is 0 Å². The van der Waals surface area contributed by atoms with Crippen LogP contribution < -0.4 is 10.1 Å². The van der Waals surface area contributed by atoms with Crippen LogP contribution in [-0.2, 0) is 11.0 Å². The van der Waals surface area contributed by atoms with Crippen LogP contribution in [0.4, 0.5) is 18.9 Å². The molecule has 0 fully saturated rings. The minimum atomic E-state index is -4.36. The summed E-state index contributed by atoms with van der Waals surface area (Å²) in [6.07, 6.45) is -4.36. The highest BCUT2D eigenvalue weighted by Crippen LogP contribution is 2.36. The van der Waals surface area contributed by atoms with E-state index in [1.54, 1.807) is 12.1 Å². The highest BCUT2D eigenvalue weighted by Gasteiger charge is 2.30. The Labute approximate surface area is 150 Å². The fourth-order valence-corrected chi connectivity index (χ4v) is 3.42. The molecule has 0 saturated carbocycles. The molecule has 0 aliphatic carbocycles. The molecule has 132 valence electrons. The zero-order valence-corrected chi connectivity index (χ0v) is 13.9. The Balaban J connectivity index is 1.62. The van der Waals surface area contributed by atoms with E-state index in [-0.39, 0.29) is 12.5 Å². The predicted octanol–water partition coefficient (Wildman–Crippen LogP) is 4.83. The molecule has 1 N–H and O–H groups in total. The van der Waals surface area contributed by atoms with E-state index in [9.17, 15) is 18.0 Å². The Morgan fingerprint density at radius 1 is 1.08 bits per heavy atom. The van der Waals surface area contributed by atoms with Gasteiger partial charge in [0.25, 0.3) is 5.91 Å². The van der Waals surface area contributed by atoms with Gasteiger partial charge in [-0.2, -0.15) is 13.2 Å². The fraction of sp³-hybridized carbons (Fsp3) is 0.111. The second-order valence-corrected chi connectivity index (χ2v) is 6.52. The van der Waals surface area contributed by atoms with Gasteiger partial charge in [-0.15, -0.1) is 11.3 Å². The maximum Gasteiger partial charge on any atom is 0.416 e. The number of halogens is 3. The Bertz CT molecular complexity index is 981. The minimum Gasteiger partial charge on any atom is -0.482 e. The summed E-state index contributed by atoms with van der Waals surface area (Å²) in [5.74, 6) is 0.366. The molecule has 0 bridgehead atoms. The quantitative estimate of drug-likeness (QED) is 0.697. The van der Waals surface area contributed by atoms with E-state index in [1.165, 1.54) is 23.5 Å². The standard InChI is InChI=1S/C18H11F3N2O2S/c19-18(20,21)12-4-1-10(2-5-12)17-23-14(9-26-17)11-3-6-15-13(7-11)22-16(24)8-25-15/h1-7,9H,8H2,(H,22,24). The molecule has 0 radical (unpaired) electrons. The molecular formula is C18H11F3N2O2S. The first kappa shape index (κ1) is 16.6. The van der Waals surface area contributed by atoms with Crippen molar-refractivity contribution >= 4 is 22.9 Å². The molecule has 0 atom stereocenters. The van der Waals surface area contributed by atoms with E-state index < -0.39 is 11.7 Å². The number of carbonyl (C=O) groups excluding carboxylic acids is 1. The van der Waals surface area contributed by atoms with Gasteiger partial charge in [0.05, 0.1) is 16.9 Å². The molecule has 2 aromatic carbocycles. The largest absolute Gasteiger partial charge is 0.482 e. The Morgan fingerprint density at radius 3 is 2.54 bits per heavy atom. The molecule has 8 heteroatoms. The number of thiazole rings is 1. The SMILES string of the molecule is O=C1COc2ccc(-c3csc(-c4ccc(C(F)(F)F)cc4)n3)cc2N1. The van der Waals surface area contributed by atoms with Crippen LogP contribution in [0.3, 0.4) is 0 Å². The average Bonchev–Trinajstić information content (AvgIpc) is 3.10. The van der Waals surface area contributed by atoms with Crippen molar-refractivity contribution in [3.8, 4) is 27.6 Å². The van der Waals surface area contributed by atoms with Gasteiger partial charge in [0, 0.05) is 16.5 Å². The first-order valence-corrected chi connectivity index (χ1v) is 8.48. The van der Waals surface area contributed by atoms with Crippen molar-refractivity contribution < 1.29 is 22.7 Å². The van der Waals surface area contributed by atoms with Gasteiger partial charge in [-0.25, -0.2) is 4.98 Å². The first-order chi connectivity index (χ1) is 12.4. The van der Waals surface area contributed by atoms with Crippen molar-refractivity contribution in [1.82, 2.24) is 4.98 Å². The van der Waals surface area contributed by atoms with E-state index in [2.05, 4.69) is 10.3 Å². The van der Waals surface area contributed by atoms with E-state index >= 15 is 0 Å². The predicted molar refractivity (Wildman–Crippen MR) is 92.1 cm³/mol. The van der Waals surface area contributed by atoms with E-state index in [4.69, 9.17) is 4.74 Å². The van der Waals surface area contributed by atoms with Crippen LogP contribution in [0.15, 0.2) is 47.8 Å². The fourth-order valence-electron chi connectivity index (χ4n) is 2.58. The number of rotatable bonds is 2. The second-order valence-electron chi connectivity index (χ2n) is 5.66. The summed E-state index contributed by atoms with van der Waals surface area (Å²) in [7, 11) is 0. The number of benzene rings is 2. The lowest BCUT2D eigenvalue weighted by atomic mass is 10.1. The third-order valence-corrected chi connectivity index (χ3v) is 4.76. The lowest BCUT2D eigenvalue weighted by molar-refractivity contribution is -0.137. The van der Waals surface area contributed by atoms with Crippen molar-refractivity contribution in [3.63, 3.8) is 0 Å². The third-order valence-electron chi connectivity index (χ3n) is 3.87. The monoisotopic (exact) mass is 376 g/mol. The lowest BCUT2D eigenvalue weighted by Crippen LogP contribution is -2.25. The van der Waals surface area contributed by atoms with Gasteiger partial charge < -0.3 is 10.1 Å². The van der Waals surface area contributed by atoms with Crippen LogP contribution in [0.2, 0.25) is 0 Å². The molecule has 1 aliphatic heterocycles. The van der Waals surface area contributed by atoms with E-state index in [0.717, 1.165) is 17.7 Å². The molecule has 0 saturated heterocycles. The number of alkyl halides is 3. The van der Waals surface area contributed by atoms with Gasteiger partial charge in [-0.3, -0.25) is 4.79 Å². The summed E-state index contributed by atoms with van der Waals surface area (Å²) in [5.41, 5.74) is 1.95. The summed E-state index contributed by atoms with van der Waals surface area (Å²) >= 11 is 1.34. The molecule has 1 aliphatic rings. The van der Waals surface area contributed by atoms with E-state index in [1.807, 2.05) is 11.4 Å². The summed E-state index contributed by atoms with van der Waals surface area (Å²) in [6, 6.07) is 10.2. The van der Waals surface area contributed by atoms with Gasteiger partial charge >= 0.3 is 6.18 Å². The van der Waals surface area contributed by atoms with Crippen molar-refractivity contribution in [2.75, 3.05) is 11.9 Å². The number of carbonyl (C=O) groups is 1. The molecule has 1 aromatic heterocycles. The van der Waals surface area contributed by atoms with Crippen molar-refractivity contribution in [2.45, 2.75) is 6.18 Å². The Morgan fingerprint density at radius 2 is 1.81 bits per heavy atom. The van der Waals surface area contributed by atoms with Crippen molar-refractivity contribution in [1.29, 1.82) is 0 Å². The first-order valence-electron chi connectivity index (χ1n) is 7.60. The second kappa shape index (κ2) is 6.14. The molecule has 4 nitrogen and oxygen atoms in total. The molecule has 0 spiro atoms. The van der Waals surface area contributed by atoms with Crippen LogP contribution in [0, 0.1) is 0 Å². The zero-order valence-electron chi connectivity index (χ0n) is 13.1. The highest BCUT2D eigenvalue weighted by molar-refractivity contribution is 7.13. The number of fused-ring (bicyclic) bond motifs is 1.